The van der Waals surface area contributed by atoms with Crippen molar-refractivity contribution in [1.29, 1.82) is 0 Å². The molecule has 3 rings (SSSR count). The Balaban J connectivity index is 1.89. The molecule has 0 aromatic heterocycles. The number of ether oxygens (including phenoxy) is 2. The van der Waals surface area contributed by atoms with Crippen molar-refractivity contribution in [2.75, 3.05) is 27.3 Å². The highest BCUT2D eigenvalue weighted by Crippen LogP contribution is 2.34. The fourth-order valence-electron chi connectivity index (χ4n) is 3.43. The minimum absolute atomic E-state index is 0.0862. The lowest BCUT2D eigenvalue weighted by Crippen LogP contribution is -2.52. The van der Waals surface area contributed by atoms with Crippen LogP contribution in [0.25, 0.3) is 0 Å². The van der Waals surface area contributed by atoms with E-state index in [2.05, 4.69) is 15.9 Å². The summed E-state index contributed by atoms with van der Waals surface area (Å²) in [7, 11) is 3.48. The molecule has 0 saturated carbocycles. The number of likely N-dealkylation sites (N-methyl/N-ethyl adjacent to an activating group) is 1. The van der Waals surface area contributed by atoms with Crippen LogP contribution in [0.5, 0.6) is 5.75 Å². The third-order valence-corrected chi connectivity index (χ3v) is 5.63. The highest BCUT2D eigenvalue weighted by Gasteiger charge is 2.51. The molecule has 0 aliphatic carbocycles. The first-order valence-electron chi connectivity index (χ1n) is 9.92. The Morgan fingerprint density at radius 1 is 1.20 bits per heavy atom. The Kier molecular flexibility index (Phi) is 7.15. The van der Waals surface area contributed by atoms with Crippen molar-refractivity contribution in [3.8, 4) is 5.75 Å². The van der Waals surface area contributed by atoms with Crippen LogP contribution in [0.15, 0.2) is 58.0 Å². The SMILES string of the molecule is C[C@H]1OC(c2ccc(OCCCO)cc2)=N[C@@]1(Cc1ccc(Br)cc1)C(=O)N(C)C. The predicted octanol–water partition coefficient (Wildman–Crippen LogP) is 3.45. The Labute approximate surface area is 185 Å². The van der Waals surface area contributed by atoms with E-state index in [4.69, 9.17) is 19.6 Å². The van der Waals surface area contributed by atoms with E-state index >= 15 is 0 Å². The van der Waals surface area contributed by atoms with E-state index in [-0.39, 0.29) is 12.5 Å². The lowest BCUT2D eigenvalue weighted by atomic mass is 9.85. The lowest BCUT2D eigenvalue weighted by molar-refractivity contribution is -0.136. The molecule has 1 aliphatic rings. The van der Waals surface area contributed by atoms with Gasteiger partial charge in [-0.2, -0.15) is 0 Å². The van der Waals surface area contributed by atoms with Gasteiger partial charge in [0.1, 0.15) is 11.9 Å². The topological polar surface area (TPSA) is 71.4 Å². The van der Waals surface area contributed by atoms with Crippen molar-refractivity contribution in [2.45, 2.75) is 31.4 Å². The first-order valence-corrected chi connectivity index (χ1v) is 10.7. The van der Waals surface area contributed by atoms with Gasteiger partial charge < -0.3 is 19.5 Å². The molecule has 2 aromatic rings. The van der Waals surface area contributed by atoms with Gasteiger partial charge in [-0.05, 0) is 48.9 Å². The number of aliphatic hydroxyl groups is 1. The molecule has 0 radical (unpaired) electrons. The van der Waals surface area contributed by atoms with Crippen LogP contribution in [0.3, 0.4) is 0 Å². The Morgan fingerprint density at radius 3 is 2.47 bits per heavy atom. The maximum atomic E-state index is 13.2. The fourth-order valence-corrected chi connectivity index (χ4v) is 3.69. The van der Waals surface area contributed by atoms with E-state index in [1.807, 2.05) is 55.5 Å². The molecule has 1 aliphatic heterocycles. The van der Waals surface area contributed by atoms with E-state index in [9.17, 15) is 4.79 Å². The lowest BCUT2D eigenvalue weighted by Gasteiger charge is -2.30. The van der Waals surface area contributed by atoms with Gasteiger partial charge in [0.05, 0.1) is 6.61 Å². The van der Waals surface area contributed by atoms with Crippen LogP contribution >= 0.6 is 15.9 Å². The molecule has 0 saturated heterocycles. The van der Waals surface area contributed by atoms with Crippen LogP contribution in [-0.4, -0.2) is 60.8 Å². The largest absolute Gasteiger partial charge is 0.494 e. The number of hydrogen-bond acceptors (Lipinski definition) is 5. The molecule has 160 valence electrons. The predicted molar refractivity (Wildman–Crippen MR) is 120 cm³/mol. The van der Waals surface area contributed by atoms with Crippen molar-refractivity contribution >= 4 is 27.7 Å². The molecule has 1 N–H and O–H groups in total. The number of rotatable bonds is 8. The zero-order valence-electron chi connectivity index (χ0n) is 17.5. The van der Waals surface area contributed by atoms with Gasteiger partial charge in [0, 0.05) is 43.6 Å². The number of benzene rings is 2. The average molecular weight is 475 g/mol. The second-order valence-corrected chi connectivity index (χ2v) is 8.47. The fraction of sp³-hybridized carbons (Fsp3) is 0.391. The van der Waals surface area contributed by atoms with Crippen molar-refractivity contribution in [2.24, 2.45) is 4.99 Å². The van der Waals surface area contributed by atoms with Crippen molar-refractivity contribution < 1.29 is 19.4 Å². The molecule has 1 heterocycles. The highest BCUT2D eigenvalue weighted by atomic mass is 79.9. The smallest absolute Gasteiger partial charge is 0.254 e. The first kappa shape index (κ1) is 22.3. The van der Waals surface area contributed by atoms with Crippen LogP contribution in [0.4, 0.5) is 0 Å². The third-order valence-electron chi connectivity index (χ3n) is 5.10. The van der Waals surface area contributed by atoms with Crippen LogP contribution in [0.2, 0.25) is 0 Å². The Hall–Kier alpha value is -2.38. The number of nitrogens with zero attached hydrogens (tertiary/aromatic N) is 2. The molecule has 2 aromatic carbocycles. The number of carbonyl (C=O) groups excluding carboxylic acids is 1. The summed E-state index contributed by atoms with van der Waals surface area (Å²) in [5.41, 5.74) is 0.783. The zero-order valence-corrected chi connectivity index (χ0v) is 19.1. The molecular weight excluding hydrogens is 448 g/mol. The number of halogens is 1. The molecule has 0 unspecified atom stereocenters. The van der Waals surface area contributed by atoms with E-state index in [0.29, 0.717) is 31.1 Å². The summed E-state index contributed by atoms with van der Waals surface area (Å²) in [4.78, 5) is 19.6. The zero-order chi connectivity index (χ0) is 21.7. The first-order chi connectivity index (χ1) is 14.4. The molecule has 1 amide bonds. The van der Waals surface area contributed by atoms with Gasteiger partial charge in [0.15, 0.2) is 5.54 Å². The minimum atomic E-state index is -1.02. The van der Waals surface area contributed by atoms with Crippen molar-refractivity contribution in [1.82, 2.24) is 4.90 Å². The van der Waals surface area contributed by atoms with Crippen LogP contribution in [-0.2, 0) is 16.0 Å². The van der Waals surface area contributed by atoms with Gasteiger partial charge in [0.2, 0.25) is 5.90 Å². The average Bonchev–Trinajstić information content (AvgIpc) is 3.07. The van der Waals surface area contributed by atoms with Gasteiger partial charge >= 0.3 is 0 Å². The third kappa shape index (κ3) is 4.84. The Morgan fingerprint density at radius 2 is 1.87 bits per heavy atom. The van der Waals surface area contributed by atoms with Crippen LogP contribution in [0, 0.1) is 0 Å². The molecule has 0 spiro atoms. The summed E-state index contributed by atoms with van der Waals surface area (Å²) >= 11 is 3.45. The summed E-state index contributed by atoms with van der Waals surface area (Å²) in [5, 5.41) is 8.86. The summed E-state index contributed by atoms with van der Waals surface area (Å²) in [6.45, 7) is 2.45. The van der Waals surface area contributed by atoms with E-state index in [1.165, 1.54) is 0 Å². The molecule has 30 heavy (non-hydrogen) atoms. The van der Waals surface area contributed by atoms with Gasteiger partial charge in [-0.25, -0.2) is 4.99 Å². The molecule has 7 heteroatoms. The summed E-state index contributed by atoms with van der Waals surface area (Å²) in [6.07, 6.45) is 0.622. The van der Waals surface area contributed by atoms with Crippen LogP contribution < -0.4 is 4.74 Å². The van der Waals surface area contributed by atoms with Gasteiger partial charge in [-0.15, -0.1) is 0 Å². The van der Waals surface area contributed by atoms with E-state index in [1.54, 1.807) is 19.0 Å². The van der Waals surface area contributed by atoms with Gasteiger partial charge in [0.25, 0.3) is 5.91 Å². The summed E-state index contributed by atoms with van der Waals surface area (Å²) in [6, 6.07) is 15.3. The van der Waals surface area contributed by atoms with Gasteiger partial charge in [-0.1, -0.05) is 28.1 Å². The number of amides is 1. The van der Waals surface area contributed by atoms with Crippen LogP contribution in [0.1, 0.15) is 24.5 Å². The second kappa shape index (κ2) is 9.62. The summed E-state index contributed by atoms with van der Waals surface area (Å²) in [5.74, 6) is 1.08. The molecule has 2 atom stereocenters. The number of aliphatic imine (C=N–C) groups is 1. The molecule has 0 bridgehead atoms. The second-order valence-electron chi connectivity index (χ2n) is 7.55. The van der Waals surface area contributed by atoms with E-state index in [0.717, 1.165) is 15.6 Å². The summed E-state index contributed by atoms with van der Waals surface area (Å²) < 4.78 is 12.7. The van der Waals surface area contributed by atoms with Crippen molar-refractivity contribution in [3.05, 3.63) is 64.1 Å². The molecular formula is C23H27BrN2O4. The van der Waals surface area contributed by atoms with E-state index < -0.39 is 11.6 Å². The maximum Gasteiger partial charge on any atom is 0.254 e. The monoisotopic (exact) mass is 474 g/mol. The number of aliphatic hydroxyl groups excluding tert-OH is 1. The standard InChI is InChI=1S/C23H27BrN2O4/c1-16-23(22(28)26(2)3,15-17-5-9-19(24)10-6-17)25-21(30-16)18-7-11-20(12-8-18)29-14-4-13-27/h5-12,16,27H,4,13-15H2,1-3H3/t16-,23-/m1/s1. The minimum Gasteiger partial charge on any atom is -0.494 e. The Bertz CT molecular complexity index is 896. The molecule has 6 nitrogen and oxygen atoms in total. The number of hydrogen-bond donors (Lipinski definition) is 1. The highest BCUT2D eigenvalue weighted by molar-refractivity contribution is 9.10. The quantitative estimate of drug-likeness (QED) is 0.594. The van der Waals surface area contributed by atoms with Crippen molar-refractivity contribution in [3.63, 3.8) is 0 Å². The molecule has 0 fully saturated rings. The normalized spacial score (nSPS) is 20.4. The van der Waals surface area contributed by atoms with Gasteiger partial charge in [-0.3, -0.25) is 4.79 Å². The maximum absolute atomic E-state index is 13.2. The number of carbonyl (C=O) groups is 1.